The predicted molar refractivity (Wildman–Crippen MR) is 250 cm³/mol. The molecule has 1 saturated heterocycles. The third-order valence-electron chi connectivity index (χ3n) is 10.3. The molecule has 1 aromatic carbocycles. The third kappa shape index (κ3) is 15.1. The van der Waals surface area contributed by atoms with Gasteiger partial charge in [-0.05, 0) is 83.0 Å². The van der Waals surface area contributed by atoms with E-state index in [0.717, 1.165) is 4.31 Å². The number of esters is 1. The van der Waals surface area contributed by atoms with Gasteiger partial charge in [-0.1, -0.05) is 12.1 Å². The first-order valence-corrected chi connectivity index (χ1v) is 24.4. The minimum atomic E-state index is -4.13. The van der Waals surface area contributed by atoms with E-state index in [9.17, 15) is 32.4 Å². The molecule has 1 aliphatic rings. The zero-order valence-electron chi connectivity index (χ0n) is 38.9. The predicted octanol–water partition coefficient (Wildman–Crippen LogP) is 2.20. The number of rotatable bonds is 26. The van der Waals surface area contributed by atoms with Crippen LogP contribution in [0.3, 0.4) is 0 Å². The molecule has 4 heterocycles. The Kier molecular flexibility index (Phi) is 19.4. The zero-order chi connectivity index (χ0) is 48.6. The summed E-state index contributed by atoms with van der Waals surface area (Å²) >= 11 is 1.30. The summed E-state index contributed by atoms with van der Waals surface area (Å²) < 4.78 is 57.4. The number of hydrogen-bond acceptors (Lipinski definition) is 15. The second-order valence-electron chi connectivity index (χ2n) is 17.0. The first kappa shape index (κ1) is 52.7. The fourth-order valence-corrected chi connectivity index (χ4v) is 10.1. The van der Waals surface area contributed by atoms with Gasteiger partial charge in [-0.2, -0.15) is 4.31 Å². The summed E-state index contributed by atoms with van der Waals surface area (Å²) in [6, 6.07) is 10.6. The van der Waals surface area contributed by atoms with E-state index in [2.05, 4.69) is 25.9 Å². The standard InChI is InChI=1S/C45H62N8O12S2/c1-44(2,3)65-42(57)35(50-41(56)39-45(4,5)66-31-52(39)67(59,60)34-10-7-17-46-29-34)28-32-12-14-33(15-13-32)53-40-36(11-8-18-49-40)51(43(53)58)30-38(55)48-20-23-64-27-26-63-22-16-37(54)47-19-9-21-62-25-24-61-6/h7-8,10-15,17-18,29,35,39H,9,16,19-28,30-31H2,1-6H3,(H,47,54)(H,48,55)(H,50,56)/t35-,39+/m0/s1. The first-order valence-electron chi connectivity index (χ1n) is 21.9. The largest absolute Gasteiger partial charge is 0.458 e. The van der Waals surface area contributed by atoms with Crippen molar-refractivity contribution in [1.82, 2.24) is 39.4 Å². The number of carbonyl (C=O) groups is 4. The van der Waals surface area contributed by atoms with Crippen molar-refractivity contribution in [2.75, 3.05) is 72.3 Å². The fraction of sp³-hybridized carbons (Fsp3) is 0.533. The van der Waals surface area contributed by atoms with Crippen molar-refractivity contribution >= 4 is 56.6 Å². The number of imidazole rings is 1. The molecular weight excluding hydrogens is 909 g/mol. The molecule has 0 bridgehead atoms. The Hall–Kier alpha value is -5.23. The van der Waals surface area contributed by atoms with Crippen LogP contribution in [-0.2, 0) is 65.9 Å². The molecule has 20 nitrogen and oxygen atoms in total. The number of benzene rings is 1. The Morgan fingerprint density at radius 3 is 2.27 bits per heavy atom. The Bertz CT molecular complexity index is 2440. The summed E-state index contributed by atoms with van der Waals surface area (Å²) in [5, 5.41) is 8.38. The molecule has 0 spiro atoms. The highest BCUT2D eigenvalue weighted by molar-refractivity contribution is 8.02. The number of carbonyl (C=O) groups excluding carboxylic acids is 4. The molecule has 3 amide bonds. The number of nitrogens with zero attached hydrogens (tertiary/aromatic N) is 5. The van der Waals surface area contributed by atoms with Gasteiger partial charge in [-0.15, -0.1) is 11.8 Å². The summed E-state index contributed by atoms with van der Waals surface area (Å²) in [5.74, 6) is -1.89. The monoisotopic (exact) mass is 970 g/mol. The average Bonchev–Trinajstić information content (AvgIpc) is 3.76. The Balaban J connectivity index is 1.16. The number of sulfonamides is 1. The number of amides is 3. The van der Waals surface area contributed by atoms with Gasteiger partial charge in [0.25, 0.3) is 0 Å². The lowest BCUT2D eigenvalue weighted by Gasteiger charge is -2.32. The Morgan fingerprint density at radius 1 is 0.881 bits per heavy atom. The van der Waals surface area contributed by atoms with Crippen molar-refractivity contribution in [2.24, 2.45) is 0 Å². The number of nitrogens with one attached hydrogen (secondary N) is 3. The van der Waals surface area contributed by atoms with Gasteiger partial charge >= 0.3 is 11.7 Å². The summed E-state index contributed by atoms with van der Waals surface area (Å²) in [6.07, 6.45) is 5.13. The molecule has 0 saturated carbocycles. The van der Waals surface area contributed by atoms with Crippen LogP contribution in [0.2, 0.25) is 0 Å². The van der Waals surface area contributed by atoms with Crippen LogP contribution >= 0.6 is 11.8 Å². The van der Waals surface area contributed by atoms with Crippen LogP contribution in [-0.4, -0.2) is 150 Å². The summed E-state index contributed by atoms with van der Waals surface area (Å²) in [6.45, 7) is 11.7. The van der Waals surface area contributed by atoms with E-state index in [1.54, 1.807) is 78.1 Å². The molecule has 22 heteroatoms. The molecule has 2 atom stereocenters. The van der Waals surface area contributed by atoms with E-state index in [0.29, 0.717) is 55.2 Å². The lowest BCUT2D eigenvalue weighted by molar-refractivity contribution is -0.158. The number of hydrogen-bond donors (Lipinski definition) is 3. The quantitative estimate of drug-likeness (QED) is 0.0604. The van der Waals surface area contributed by atoms with E-state index >= 15 is 0 Å². The molecule has 67 heavy (non-hydrogen) atoms. The minimum absolute atomic E-state index is 0.0157. The van der Waals surface area contributed by atoms with Crippen LogP contribution in [0.5, 0.6) is 0 Å². The lowest BCUT2D eigenvalue weighted by Crippen LogP contribution is -2.57. The van der Waals surface area contributed by atoms with Crippen LogP contribution in [0, 0.1) is 0 Å². The van der Waals surface area contributed by atoms with Crippen LogP contribution in [0.4, 0.5) is 0 Å². The lowest BCUT2D eigenvalue weighted by atomic mass is 10.0. The van der Waals surface area contributed by atoms with Gasteiger partial charge in [0.05, 0.1) is 56.7 Å². The zero-order valence-corrected chi connectivity index (χ0v) is 40.5. The highest BCUT2D eigenvalue weighted by atomic mass is 32.2. The van der Waals surface area contributed by atoms with E-state index in [1.807, 2.05) is 0 Å². The Labute approximate surface area is 394 Å². The molecule has 366 valence electrons. The molecule has 4 aromatic rings. The van der Waals surface area contributed by atoms with Crippen molar-refractivity contribution in [1.29, 1.82) is 0 Å². The molecule has 1 fully saturated rings. The van der Waals surface area contributed by atoms with E-state index in [4.69, 9.17) is 23.7 Å². The van der Waals surface area contributed by atoms with Crippen LogP contribution in [0.1, 0.15) is 53.0 Å². The SMILES string of the molecule is COCCOCCCNC(=O)CCOCCOCCNC(=O)Cn1c(=O)n(-c2ccc(C[C@H](NC(=O)[C@H]3N(S(=O)(=O)c4cccnc4)CSC3(C)C)C(=O)OC(C)(C)C)cc2)c2ncccc21. The van der Waals surface area contributed by atoms with Gasteiger partial charge in [-0.25, -0.2) is 27.6 Å². The van der Waals surface area contributed by atoms with Crippen molar-refractivity contribution in [3.05, 3.63) is 83.2 Å². The first-order chi connectivity index (χ1) is 31.9. The van der Waals surface area contributed by atoms with Gasteiger partial charge in [0.2, 0.25) is 27.7 Å². The van der Waals surface area contributed by atoms with Gasteiger partial charge < -0.3 is 39.6 Å². The number of thioether (sulfide) groups is 1. The minimum Gasteiger partial charge on any atom is -0.458 e. The second kappa shape index (κ2) is 24.7. The Morgan fingerprint density at radius 2 is 1.57 bits per heavy atom. The summed E-state index contributed by atoms with van der Waals surface area (Å²) in [7, 11) is -2.52. The molecule has 0 radical (unpaired) electrons. The molecule has 0 unspecified atom stereocenters. The van der Waals surface area contributed by atoms with Crippen molar-refractivity contribution in [2.45, 2.75) is 87.8 Å². The molecule has 3 N–H and O–H groups in total. The van der Waals surface area contributed by atoms with Crippen molar-refractivity contribution in [3.63, 3.8) is 0 Å². The van der Waals surface area contributed by atoms with Gasteiger partial charge in [0.1, 0.15) is 29.1 Å². The van der Waals surface area contributed by atoms with Crippen LogP contribution in [0.15, 0.2) is 76.8 Å². The number of fused-ring (bicyclic) bond motifs is 1. The summed E-state index contributed by atoms with van der Waals surface area (Å²) in [4.78, 5) is 75.0. The second-order valence-corrected chi connectivity index (χ2v) is 20.5. The molecule has 1 aliphatic heterocycles. The fourth-order valence-electron chi connectivity index (χ4n) is 7.01. The van der Waals surface area contributed by atoms with E-state index in [-0.39, 0.29) is 69.0 Å². The van der Waals surface area contributed by atoms with Crippen molar-refractivity contribution in [3.8, 4) is 5.69 Å². The number of ether oxygens (including phenoxy) is 5. The maximum absolute atomic E-state index is 14.1. The molecule has 5 rings (SSSR count). The van der Waals surface area contributed by atoms with E-state index < -0.39 is 55.9 Å². The number of pyridine rings is 2. The van der Waals surface area contributed by atoms with Crippen molar-refractivity contribution < 1.29 is 51.3 Å². The van der Waals surface area contributed by atoms with E-state index in [1.165, 1.54) is 51.6 Å². The smallest absolute Gasteiger partial charge is 0.335 e. The molecule has 0 aliphatic carbocycles. The van der Waals surface area contributed by atoms with Gasteiger partial charge in [-0.3, -0.25) is 23.9 Å². The van der Waals surface area contributed by atoms with Crippen LogP contribution < -0.4 is 21.6 Å². The number of aromatic nitrogens is 4. The topological polar surface area (TPSA) is 241 Å². The number of methoxy groups -OCH3 is 1. The van der Waals surface area contributed by atoms with Gasteiger partial charge in [0.15, 0.2) is 5.65 Å². The molecule has 3 aromatic heterocycles. The highest BCUT2D eigenvalue weighted by Gasteiger charge is 2.51. The normalized spacial score (nSPS) is 15.6. The average molecular weight is 971 g/mol. The van der Waals surface area contributed by atoms with Gasteiger partial charge in [0, 0.05) is 63.0 Å². The summed E-state index contributed by atoms with van der Waals surface area (Å²) in [5.41, 5.74) is 0.389. The molecular formula is C45H62N8O12S2. The van der Waals surface area contributed by atoms with Crippen LogP contribution in [0.25, 0.3) is 16.9 Å². The highest BCUT2D eigenvalue weighted by Crippen LogP contribution is 2.42. The maximum Gasteiger partial charge on any atom is 0.335 e. The maximum atomic E-state index is 14.1. The third-order valence-corrected chi connectivity index (χ3v) is 13.6.